The number of anilines is 1. The van der Waals surface area contributed by atoms with E-state index in [4.69, 9.17) is 4.74 Å². The average molecular weight is 443 g/mol. The van der Waals surface area contributed by atoms with Crippen molar-refractivity contribution in [3.63, 3.8) is 0 Å². The molecular weight excluding hydrogens is 423 g/mol. The highest BCUT2D eigenvalue weighted by Gasteiger charge is 2.22. The van der Waals surface area contributed by atoms with Crippen LogP contribution in [0, 0.1) is 12.7 Å². The number of rotatable bonds is 6. The summed E-state index contributed by atoms with van der Waals surface area (Å²) in [4.78, 5) is 25.6. The van der Waals surface area contributed by atoms with Gasteiger partial charge in [-0.2, -0.15) is 0 Å². The zero-order valence-electron chi connectivity index (χ0n) is 17.6. The largest absolute Gasteiger partial charge is 0.462 e. The van der Waals surface area contributed by atoms with Crippen LogP contribution in [0.1, 0.15) is 53.6 Å². The maximum atomic E-state index is 14.7. The third-order valence-corrected chi connectivity index (χ3v) is 5.04. The first-order chi connectivity index (χ1) is 15.3. The zero-order valence-corrected chi connectivity index (χ0v) is 17.6. The lowest BCUT2D eigenvalue weighted by atomic mass is 10.0. The van der Waals surface area contributed by atoms with Gasteiger partial charge in [0.15, 0.2) is 11.3 Å². The topological polar surface area (TPSA) is 81.4 Å². The summed E-state index contributed by atoms with van der Waals surface area (Å²) in [5.74, 6) is -0.779. The molecule has 0 fully saturated rings. The third kappa shape index (κ3) is 3.72. The molecule has 0 bridgehead atoms. The maximum absolute atomic E-state index is 14.7. The predicted molar refractivity (Wildman–Crippen MR) is 112 cm³/mol. The molecule has 0 saturated heterocycles. The Morgan fingerprint density at radius 1 is 1.22 bits per heavy atom. The molecular formula is C22H20F3N5O2. The van der Waals surface area contributed by atoms with Crippen molar-refractivity contribution in [2.75, 3.05) is 11.9 Å². The smallest absolute Gasteiger partial charge is 0.341 e. The molecule has 7 nitrogen and oxygen atoms in total. The van der Waals surface area contributed by atoms with Gasteiger partial charge in [-0.25, -0.2) is 32.9 Å². The number of imidazole rings is 1. The Bertz CT molecular complexity index is 1320. The van der Waals surface area contributed by atoms with Crippen LogP contribution in [0.15, 0.2) is 36.7 Å². The Labute approximate surface area is 181 Å². The van der Waals surface area contributed by atoms with Gasteiger partial charge in [0, 0.05) is 18.0 Å². The van der Waals surface area contributed by atoms with E-state index >= 15 is 0 Å². The first kappa shape index (κ1) is 21.5. The van der Waals surface area contributed by atoms with Crippen LogP contribution in [0.5, 0.6) is 0 Å². The monoisotopic (exact) mass is 443 g/mol. The highest BCUT2D eigenvalue weighted by molar-refractivity contribution is 6.02. The van der Waals surface area contributed by atoms with Gasteiger partial charge in [0.2, 0.25) is 0 Å². The number of halogens is 3. The first-order valence-corrected chi connectivity index (χ1v) is 9.96. The molecule has 1 aromatic carbocycles. The van der Waals surface area contributed by atoms with Crippen LogP contribution in [-0.4, -0.2) is 31.9 Å². The van der Waals surface area contributed by atoms with Crippen molar-refractivity contribution in [1.82, 2.24) is 19.4 Å². The van der Waals surface area contributed by atoms with Gasteiger partial charge < -0.3 is 10.1 Å². The quantitative estimate of drug-likeness (QED) is 0.422. The van der Waals surface area contributed by atoms with Crippen LogP contribution in [-0.2, 0) is 4.74 Å². The van der Waals surface area contributed by atoms with Crippen molar-refractivity contribution in [3.8, 4) is 0 Å². The molecule has 3 aromatic heterocycles. The predicted octanol–water partition coefficient (Wildman–Crippen LogP) is 5.01. The number of hydrogen-bond acceptors (Lipinski definition) is 6. The summed E-state index contributed by atoms with van der Waals surface area (Å²) in [6.07, 6.45) is 0.271. The molecule has 0 spiro atoms. The van der Waals surface area contributed by atoms with Crippen molar-refractivity contribution in [3.05, 3.63) is 65.0 Å². The molecule has 0 aliphatic heterocycles. The van der Waals surface area contributed by atoms with Crippen LogP contribution in [0.3, 0.4) is 0 Å². The number of nitrogens with one attached hydrogen (secondary N) is 1. The Morgan fingerprint density at radius 3 is 2.69 bits per heavy atom. The van der Waals surface area contributed by atoms with E-state index in [9.17, 15) is 18.0 Å². The Kier molecular flexibility index (Phi) is 5.68. The standard InChI is InChI=1S/C22H20F3N5O2/c1-4-32-22(31)16-10-15-19(28-12(3)29-21(15)30-9-8-26-20(16)30)27-11(2)13-6-5-7-14(17(13)23)18(24)25/h5-11,18H,4H2,1-3H3,(H,27,28,29)/t11-/m1/s1. The van der Waals surface area contributed by atoms with Crippen molar-refractivity contribution >= 4 is 28.5 Å². The van der Waals surface area contributed by atoms with Gasteiger partial charge in [-0.15, -0.1) is 0 Å². The van der Waals surface area contributed by atoms with Gasteiger partial charge in [0.05, 0.1) is 23.6 Å². The second-order valence-corrected chi connectivity index (χ2v) is 7.17. The number of carbonyl (C=O) groups is 1. The Balaban J connectivity index is 1.85. The molecule has 0 aliphatic carbocycles. The van der Waals surface area contributed by atoms with E-state index in [2.05, 4.69) is 20.3 Å². The number of aryl methyl sites for hydroxylation is 1. The molecule has 4 rings (SSSR count). The summed E-state index contributed by atoms with van der Waals surface area (Å²) >= 11 is 0. The number of hydrogen-bond donors (Lipinski definition) is 1. The molecule has 4 aromatic rings. The van der Waals surface area contributed by atoms with Gasteiger partial charge in [-0.05, 0) is 26.8 Å². The summed E-state index contributed by atoms with van der Waals surface area (Å²) < 4.78 is 47.7. The molecule has 0 radical (unpaired) electrons. The Morgan fingerprint density at radius 2 is 1.97 bits per heavy atom. The van der Waals surface area contributed by atoms with Gasteiger partial charge in [-0.1, -0.05) is 18.2 Å². The van der Waals surface area contributed by atoms with E-state index < -0.39 is 29.8 Å². The van der Waals surface area contributed by atoms with Gasteiger partial charge >= 0.3 is 5.97 Å². The van der Waals surface area contributed by atoms with E-state index in [-0.39, 0.29) is 17.7 Å². The van der Waals surface area contributed by atoms with Gasteiger partial charge in [0.25, 0.3) is 6.43 Å². The molecule has 0 saturated carbocycles. The minimum atomic E-state index is -2.93. The molecule has 10 heteroatoms. The molecule has 166 valence electrons. The summed E-state index contributed by atoms with van der Waals surface area (Å²) in [6, 6.07) is 4.75. The van der Waals surface area contributed by atoms with Crippen molar-refractivity contribution < 1.29 is 22.7 Å². The number of carbonyl (C=O) groups excluding carboxylic acids is 1. The maximum Gasteiger partial charge on any atom is 0.341 e. The lowest BCUT2D eigenvalue weighted by molar-refractivity contribution is 0.0528. The number of benzene rings is 1. The SMILES string of the molecule is CCOC(=O)c1cc2c(N[C@H](C)c3cccc(C(F)F)c3F)nc(C)nc2n2ccnc12. The van der Waals surface area contributed by atoms with Crippen molar-refractivity contribution in [2.24, 2.45) is 0 Å². The summed E-state index contributed by atoms with van der Waals surface area (Å²) in [5, 5.41) is 3.56. The zero-order chi connectivity index (χ0) is 23.0. The highest BCUT2D eigenvalue weighted by atomic mass is 19.3. The van der Waals surface area contributed by atoms with Crippen LogP contribution in [0.25, 0.3) is 16.7 Å². The fourth-order valence-corrected chi connectivity index (χ4v) is 3.59. The highest BCUT2D eigenvalue weighted by Crippen LogP contribution is 2.31. The molecule has 1 atom stereocenters. The summed E-state index contributed by atoms with van der Waals surface area (Å²) in [5.41, 5.74) is 0.489. The van der Waals surface area contributed by atoms with E-state index in [0.29, 0.717) is 28.3 Å². The number of ether oxygens (including phenoxy) is 1. The second kappa shape index (κ2) is 8.45. The molecule has 0 unspecified atom stereocenters. The minimum Gasteiger partial charge on any atom is -0.462 e. The Hall–Kier alpha value is -3.69. The lowest BCUT2D eigenvalue weighted by Crippen LogP contribution is -2.14. The van der Waals surface area contributed by atoms with Crippen LogP contribution < -0.4 is 5.32 Å². The van der Waals surface area contributed by atoms with Crippen LogP contribution in [0.4, 0.5) is 19.0 Å². The lowest BCUT2D eigenvalue weighted by Gasteiger charge is -2.19. The number of esters is 1. The third-order valence-electron chi connectivity index (χ3n) is 5.04. The molecule has 1 N–H and O–H groups in total. The molecule has 3 heterocycles. The number of aromatic nitrogens is 4. The normalized spacial score (nSPS) is 12.5. The second-order valence-electron chi connectivity index (χ2n) is 7.17. The molecule has 32 heavy (non-hydrogen) atoms. The molecule has 0 aliphatic rings. The van der Waals surface area contributed by atoms with Crippen LogP contribution >= 0.6 is 0 Å². The first-order valence-electron chi connectivity index (χ1n) is 9.96. The number of pyridine rings is 1. The summed E-state index contributed by atoms with van der Waals surface area (Å²) in [7, 11) is 0. The average Bonchev–Trinajstić information content (AvgIpc) is 3.23. The number of fused-ring (bicyclic) bond motifs is 3. The minimum absolute atomic E-state index is 0.0709. The van der Waals surface area contributed by atoms with Gasteiger partial charge in [-0.3, -0.25) is 4.40 Å². The van der Waals surface area contributed by atoms with Crippen molar-refractivity contribution in [2.45, 2.75) is 33.2 Å². The summed E-state index contributed by atoms with van der Waals surface area (Å²) in [6.45, 7) is 5.22. The van der Waals surface area contributed by atoms with E-state index in [1.54, 1.807) is 37.4 Å². The number of nitrogens with zero attached hydrogens (tertiary/aromatic N) is 4. The molecule has 0 amide bonds. The van der Waals surface area contributed by atoms with E-state index in [0.717, 1.165) is 6.07 Å². The van der Waals surface area contributed by atoms with E-state index in [1.807, 2.05) is 0 Å². The number of alkyl halides is 2. The fourth-order valence-electron chi connectivity index (χ4n) is 3.59. The fraction of sp³-hybridized carbons (Fsp3) is 0.273. The van der Waals surface area contributed by atoms with Crippen molar-refractivity contribution in [1.29, 1.82) is 0 Å². The van der Waals surface area contributed by atoms with E-state index in [1.165, 1.54) is 18.3 Å². The van der Waals surface area contributed by atoms with Crippen LogP contribution in [0.2, 0.25) is 0 Å². The van der Waals surface area contributed by atoms with Gasteiger partial charge in [0.1, 0.15) is 23.0 Å².